The number of anilines is 3. The quantitative estimate of drug-likeness (QED) is 0.182. The van der Waals surface area contributed by atoms with E-state index < -0.39 is 17.5 Å². The van der Waals surface area contributed by atoms with Crippen LogP contribution in [0.15, 0.2) is 54.7 Å². The Morgan fingerprint density at radius 1 is 1.21 bits per heavy atom. The number of nitrogen functional groups attached to an aromatic ring is 1. The van der Waals surface area contributed by atoms with Crippen molar-refractivity contribution in [3.05, 3.63) is 77.0 Å². The second-order valence-electron chi connectivity index (χ2n) is 8.18. The number of fused-ring (bicyclic) bond motifs is 1. The molecule has 2 heterocycles. The van der Waals surface area contributed by atoms with Crippen molar-refractivity contribution in [1.29, 1.82) is 0 Å². The number of rotatable bonds is 7. The Bertz CT molecular complexity index is 1200. The molecule has 2 aromatic carbocycles. The third-order valence-corrected chi connectivity index (χ3v) is 5.48. The summed E-state index contributed by atoms with van der Waals surface area (Å²) in [6, 6.07) is 14.2. The molecule has 0 unspecified atom stereocenters. The molecule has 0 spiro atoms. The third kappa shape index (κ3) is 4.47. The zero-order valence-corrected chi connectivity index (χ0v) is 18.2. The zero-order chi connectivity index (χ0) is 23.6. The number of aromatic nitrogens is 2. The molecule has 0 saturated carbocycles. The van der Waals surface area contributed by atoms with E-state index in [4.69, 9.17) is 5.84 Å². The molecule has 33 heavy (non-hydrogen) atoms. The molecule has 0 radical (unpaired) electrons. The number of nitrogens with zero attached hydrogens (tertiary/aromatic N) is 2. The summed E-state index contributed by atoms with van der Waals surface area (Å²) in [4.78, 5) is 33.1. The lowest BCUT2D eigenvalue weighted by Gasteiger charge is -2.20. The van der Waals surface area contributed by atoms with Gasteiger partial charge in [-0.3, -0.25) is 15.0 Å². The summed E-state index contributed by atoms with van der Waals surface area (Å²) in [5.41, 5.74) is 4.70. The standard InChI is InChI=1S/C23H25N7O3/c1-23(2)17-10-14(8-9-15(17)20(32)29-23)26-22-25-11-16(21(33)30-24)19(28-22)27-18(12-31)13-6-4-3-5-7-13/h3-11,18,31H,12,24H2,1-2H3,(H,29,32)(H,30,33)(H2,25,26,27,28)/t18-/m1/s1. The van der Waals surface area contributed by atoms with Gasteiger partial charge in [-0.15, -0.1) is 0 Å². The summed E-state index contributed by atoms with van der Waals surface area (Å²) in [6.07, 6.45) is 1.35. The van der Waals surface area contributed by atoms with Crippen LogP contribution >= 0.6 is 0 Å². The van der Waals surface area contributed by atoms with E-state index in [0.717, 1.165) is 11.1 Å². The first kappa shape index (κ1) is 22.2. The van der Waals surface area contributed by atoms with Crippen molar-refractivity contribution in [1.82, 2.24) is 20.7 Å². The van der Waals surface area contributed by atoms with Gasteiger partial charge in [0.25, 0.3) is 11.8 Å². The average Bonchev–Trinajstić information content (AvgIpc) is 3.05. The van der Waals surface area contributed by atoms with Crippen LogP contribution in [0.2, 0.25) is 0 Å². The van der Waals surface area contributed by atoms with Crippen LogP contribution in [0, 0.1) is 0 Å². The van der Waals surface area contributed by atoms with Gasteiger partial charge >= 0.3 is 0 Å². The second-order valence-corrected chi connectivity index (χ2v) is 8.18. The molecule has 170 valence electrons. The first-order chi connectivity index (χ1) is 15.8. The first-order valence-electron chi connectivity index (χ1n) is 10.4. The summed E-state index contributed by atoms with van der Waals surface area (Å²) in [6.45, 7) is 3.64. The zero-order valence-electron chi connectivity index (χ0n) is 18.2. The van der Waals surface area contributed by atoms with Crippen molar-refractivity contribution in [2.75, 3.05) is 17.2 Å². The second kappa shape index (κ2) is 8.85. The summed E-state index contributed by atoms with van der Waals surface area (Å²) in [5, 5.41) is 19.1. The molecule has 1 aliphatic rings. The minimum Gasteiger partial charge on any atom is -0.394 e. The van der Waals surface area contributed by atoms with E-state index in [-0.39, 0.29) is 29.8 Å². The third-order valence-electron chi connectivity index (χ3n) is 5.48. The molecular formula is C23H25N7O3. The van der Waals surface area contributed by atoms with Gasteiger partial charge in [-0.1, -0.05) is 30.3 Å². The van der Waals surface area contributed by atoms with Crippen molar-refractivity contribution in [2.45, 2.75) is 25.4 Å². The summed E-state index contributed by atoms with van der Waals surface area (Å²) in [7, 11) is 0. The number of hydrogen-bond donors (Lipinski definition) is 6. The summed E-state index contributed by atoms with van der Waals surface area (Å²) in [5.74, 6) is 5.06. The van der Waals surface area contributed by atoms with Crippen molar-refractivity contribution in [3.63, 3.8) is 0 Å². The highest BCUT2D eigenvalue weighted by molar-refractivity contribution is 6.00. The molecule has 0 aliphatic carbocycles. The van der Waals surface area contributed by atoms with Crippen LogP contribution in [-0.4, -0.2) is 33.5 Å². The predicted molar refractivity (Wildman–Crippen MR) is 124 cm³/mol. The van der Waals surface area contributed by atoms with Crippen molar-refractivity contribution >= 4 is 29.3 Å². The molecule has 1 aliphatic heterocycles. The number of hydrogen-bond acceptors (Lipinski definition) is 8. The number of aliphatic hydroxyl groups excluding tert-OH is 1. The maximum atomic E-state index is 12.3. The van der Waals surface area contributed by atoms with Crippen LogP contribution in [0.25, 0.3) is 0 Å². The fourth-order valence-corrected chi connectivity index (χ4v) is 3.77. The number of amides is 2. The first-order valence-corrected chi connectivity index (χ1v) is 10.4. The summed E-state index contributed by atoms with van der Waals surface area (Å²) < 4.78 is 0. The topological polar surface area (TPSA) is 154 Å². The summed E-state index contributed by atoms with van der Waals surface area (Å²) >= 11 is 0. The highest BCUT2D eigenvalue weighted by Crippen LogP contribution is 2.33. The van der Waals surface area contributed by atoms with Crippen LogP contribution in [-0.2, 0) is 5.54 Å². The van der Waals surface area contributed by atoms with Crippen LogP contribution in [0.3, 0.4) is 0 Å². The Labute approximate surface area is 190 Å². The molecule has 0 fully saturated rings. The van der Waals surface area contributed by atoms with Crippen LogP contribution < -0.4 is 27.2 Å². The molecule has 3 aromatic rings. The number of carbonyl (C=O) groups excluding carboxylic acids is 2. The minimum absolute atomic E-state index is 0.114. The van der Waals surface area contributed by atoms with Crippen LogP contribution in [0.4, 0.5) is 17.5 Å². The number of aliphatic hydroxyl groups is 1. The normalized spacial score (nSPS) is 14.7. The predicted octanol–water partition coefficient (Wildman–Crippen LogP) is 1.95. The monoisotopic (exact) mass is 447 g/mol. The molecule has 10 heteroatoms. The van der Waals surface area contributed by atoms with Crippen molar-refractivity contribution < 1.29 is 14.7 Å². The average molecular weight is 447 g/mol. The van der Waals surface area contributed by atoms with Gasteiger partial charge in [0.1, 0.15) is 11.4 Å². The van der Waals surface area contributed by atoms with E-state index in [0.29, 0.717) is 11.3 Å². The maximum absolute atomic E-state index is 12.3. The Morgan fingerprint density at radius 3 is 2.67 bits per heavy atom. The SMILES string of the molecule is CC1(C)NC(=O)c2ccc(Nc3ncc(C(=O)NN)c(N[C@H](CO)c4ccccc4)n3)cc21. The van der Waals surface area contributed by atoms with Crippen LogP contribution in [0.1, 0.15) is 51.7 Å². The Morgan fingerprint density at radius 2 is 1.97 bits per heavy atom. The van der Waals surface area contributed by atoms with Gasteiger partial charge in [0.05, 0.1) is 18.2 Å². The minimum atomic E-state index is -0.572. The fourth-order valence-electron chi connectivity index (χ4n) is 3.77. The number of nitrogens with two attached hydrogens (primary N) is 1. The van der Waals surface area contributed by atoms with E-state index in [2.05, 4.69) is 31.3 Å². The fraction of sp³-hybridized carbons (Fsp3) is 0.217. The lowest BCUT2D eigenvalue weighted by molar-refractivity contribution is 0.0936. The lowest BCUT2D eigenvalue weighted by Crippen LogP contribution is -2.32. The van der Waals surface area contributed by atoms with E-state index in [1.165, 1.54) is 6.20 Å². The van der Waals surface area contributed by atoms with Gasteiger partial charge in [-0.2, -0.15) is 4.98 Å². The highest BCUT2D eigenvalue weighted by atomic mass is 16.3. The smallest absolute Gasteiger partial charge is 0.270 e. The van der Waals surface area contributed by atoms with E-state index >= 15 is 0 Å². The van der Waals surface area contributed by atoms with Gasteiger partial charge in [-0.05, 0) is 43.2 Å². The Balaban J connectivity index is 1.65. The molecule has 2 amide bonds. The highest BCUT2D eigenvalue weighted by Gasteiger charge is 2.35. The molecule has 0 saturated heterocycles. The number of nitrogens with one attached hydrogen (secondary N) is 4. The van der Waals surface area contributed by atoms with Crippen molar-refractivity contribution in [3.8, 4) is 0 Å². The molecule has 10 nitrogen and oxygen atoms in total. The number of benzene rings is 2. The maximum Gasteiger partial charge on any atom is 0.270 e. The van der Waals surface area contributed by atoms with Gasteiger partial charge in [0, 0.05) is 17.4 Å². The molecule has 7 N–H and O–H groups in total. The molecule has 1 atom stereocenters. The molecule has 4 rings (SSSR count). The van der Waals surface area contributed by atoms with E-state index in [1.54, 1.807) is 12.1 Å². The molecule has 1 aromatic heterocycles. The Kier molecular flexibility index (Phi) is 5.95. The Hall–Kier alpha value is -4.02. The van der Waals surface area contributed by atoms with Crippen LogP contribution in [0.5, 0.6) is 0 Å². The van der Waals surface area contributed by atoms with Gasteiger partial charge in [0.15, 0.2) is 0 Å². The van der Waals surface area contributed by atoms with Gasteiger partial charge in [-0.25, -0.2) is 10.8 Å². The van der Waals surface area contributed by atoms with Gasteiger partial charge in [0.2, 0.25) is 5.95 Å². The molecule has 0 bridgehead atoms. The number of carbonyl (C=O) groups is 2. The van der Waals surface area contributed by atoms with Gasteiger partial charge < -0.3 is 21.1 Å². The molecular weight excluding hydrogens is 422 g/mol. The largest absolute Gasteiger partial charge is 0.394 e. The van der Waals surface area contributed by atoms with E-state index in [9.17, 15) is 14.7 Å². The van der Waals surface area contributed by atoms with Crippen molar-refractivity contribution in [2.24, 2.45) is 5.84 Å². The van der Waals surface area contributed by atoms with E-state index in [1.807, 2.05) is 50.2 Å². The number of hydrazine groups is 1. The lowest BCUT2D eigenvalue weighted by atomic mass is 9.94.